The van der Waals surface area contributed by atoms with Crippen LogP contribution < -0.4 is 4.90 Å². The molecule has 1 unspecified atom stereocenters. The second-order valence-electron chi connectivity index (χ2n) is 7.92. The Balaban J connectivity index is 1.52. The number of fused-ring (bicyclic) bond motifs is 1. The predicted octanol–water partition coefficient (Wildman–Crippen LogP) is 5.05. The summed E-state index contributed by atoms with van der Waals surface area (Å²) in [4.78, 5) is 19.6. The average Bonchev–Trinajstić information content (AvgIpc) is 3.30. The molecule has 0 saturated carbocycles. The quantitative estimate of drug-likeness (QED) is 0.481. The second-order valence-corrected chi connectivity index (χ2v) is 7.92. The molecule has 1 aliphatic heterocycles. The van der Waals surface area contributed by atoms with E-state index in [1.807, 2.05) is 60.4 Å². The highest BCUT2D eigenvalue weighted by molar-refractivity contribution is 5.96. The first kappa shape index (κ1) is 18.6. The number of carbonyl (C=O) groups excluding carboxylic acids is 1. The first-order chi connectivity index (χ1) is 14.6. The Kier molecular flexibility index (Phi) is 4.58. The number of aromatic nitrogens is 2. The zero-order valence-corrected chi connectivity index (χ0v) is 16.8. The fourth-order valence-electron chi connectivity index (χ4n) is 4.27. The summed E-state index contributed by atoms with van der Waals surface area (Å²) in [6, 6.07) is 22.6. The molecular formula is C25H22FN3O. The number of benzene rings is 3. The van der Waals surface area contributed by atoms with Crippen LogP contribution in [0.3, 0.4) is 0 Å². The van der Waals surface area contributed by atoms with Gasteiger partial charge in [-0.05, 0) is 54.4 Å². The molecule has 5 rings (SSSR count). The molecule has 0 aliphatic carbocycles. The predicted molar refractivity (Wildman–Crippen MR) is 116 cm³/mol. The van der Waals surface area contributed by atoms with Crippen LogP contribution in [0.25, 0.3) is 11.0 Å². The summed E-state index contributed by atoms with van der Waals surface area (Å²) >= 11 is 0. The molecule has 150 valence electrons. The number of halogens is 1. The second kappa shape index (κ2) is 7.41. The molecule has 3 aromatic carbocycles. The molecule has 4 nitrogen and oxygen atoms in total. The van der Waals surface area contributed by atoms with E-state index in [2.05, 4.69) is 4.57 Å². The zero-order chi connectivity index (χ0) is 20.7. The highest BCUT2D eigenvalue weighted by Crippen LogP contribution is 2.33. The van der Waals surface area contributed by atoms with Gasteiger partial charge in [-0.2, -0.15) is 0 Å². The van der Waals surface area contributed by atoms with Gasteiger partial charge in [-0.25, -0.2) is 9.37 Å². The van der Waals surface area contributed by atoms with Gasteiger partial charge in [-0.15, -0.1) is 0 Å². The lowest BCUT2D eigenvalue weighted by Gasteiger charge is -2.18. The Bertz CT molecular complexity index is 1230. The van der Waals surface area contributed by atoms with E-state index in [0.29, 0.717) is 19.5 Å². The molecule has 1 amide bonds. The molecule has 1 aliphatic rings. The lowest BCUT2D eigenvalue weighted by Crippen LogP contribution is -2.24. The fraction of sp³-hybridized carbons (Fsp3) is 0.200. The Morgan fingerprint density at radius 1 is 1.03 bits per heavy atom. The van der Waals surface area contributed by atoms with E-state index in [-0.39, 0.29) is 17.6 Å². The van der Waals surface area contributed by atoms with Gasteiger partial charge >= 0.3 is 0 Å². The van der Waals surface area contributed by atoms with Crippen molar-refractivity contribution in [2.24, 2.45) is 0 Å². The van der Waals surface area contributed by atoms with E-state index < -0.39 is 0 Å². The standard InChI is InChI=1S/C25H22FN3O/c1-17-5-4-6-21(13-17)28-16-19(14-24(28)30)25-27-22-7-2-3-8-23(22)29(25)15-18-9-11-20(26)12-10-18/h2-13,19H,14-16H2,1H3. The van der Waals surface area contributed by atoms with E-state index in [0.717, 1.165) is 33.7 Å². The maximum Gasteiger partial charge on any atom is 0.227 e. The molecule has 0 N–H and O–H groups in total. The van der Waals surface area contributed by atoms with E-state index in [4.69, 9.17) is 4.98 Å². The summed E-state index contributed by atoms with van der Waals surface area (Å²) in [5.74, 6) is 0.783. The summed E-state index contributed by atoms with van der Waals surface area (Å²) < 4.78 is 15.5. The van der Waals surface area contributed by atoms with Crippen molar-refractivity contribution in [3.63, 3.8) is 0 Å². The lowest BCUT2D eigenvalue weighted by atomic mass is 10.1. The number of rotatable bonds is 4. The first-order valence-corrected chi connectivity index (χ1v) is 10.1. The fourth-order valence-corrected chi connectivity index (χ4v) is 4.27. The van der Waals surface area contributed by atoms with Crippen LogP contribution in [0.1, 0.15) is 29.3 Å². The van der Waals surface area contributed by atoms with Crippen molar-refractivity contribution in [3.8, 4) is 0 Å². The molecule has 1 aromatic heterocycles. The highest BCUT2D eigenvalue weighted by atomic mass is 19.1. The van der Waals surface area contributed by atoms with Crippen molar-refractivity contribution >= 4 is 22.6 Å². The molecule has 5 heteroatoms. The maximum atomic E-state index is 13.4. The molecule has 1 saturated heterocycles. The van der Waals surface area contributed by atoms with Crippen LogP contribution in [0.2, 0.25) is 0 Å². The van der Waals surface area contributed by atoms with Crippen molar-refractivity contribution in [1.29, 1.82) is 0 Å². The minimum atomic E-state index is -0.246. The van der Waals surface area contributed by atoms with E-state index in [1.165, 1.54) is 12.1 Å². The van der Waals surface area contributed by atoms with E-state index in [9.17, 15) is 9.18 Å². The largest absolute Gasteiger partial charge is 0.323 e. The van der Waals surface area contributed by atoms with Crippen LogP contribution in [-0.2, 0) is 11.3 Å². The monoisotopic (exact) mass is 399 g/mol. The number of aryl methyl sites for hydroxylation is 1. The first-order valence-electron chi connectivity index (χ1n) is 10.1. The molecule has 4 aromatic rings. The van der Waals surface area contributed by atoms with E-state index in [1.54, 1.807) is 12.1 Å². The van der Waals surface area contributed by atoms with Gasteiger partial charge in [-0.1, -0.05) is 36.4 Å². The van der Waals surface area contributed by atoms with Gasteiger partial charge in [0.15, 0.2) is 0 Å². The van der Waals surface area contributed by atoms with Crippen LogP contribution in [-0.4, -0.2) is 22.0 Å². The SMILES string of the molecule is Cc1cccc(N2CC(c3nc4ccccc4n3Cc3ccc(F)cc3)CC2=O)c1. The summed E-state index contributed by atoms with van der Waals surface area (Å²) in [5.41, 5.74) is 5.01. The van der Waals surface area contributed by atoms with Gasteiger partial charge in [-0.3, -0.25) is 4.79 Å². The van der Waals surface area contributed by atoms with Crippen LogP contribution >= 0.6 is 0 Å². The van der Waals surface area contributed by atoms with Crippen LogP contribution in [0, 0.1) is 12.7 Å². The summed E-state index contributed by atoms with van der Waals surface area (Å²) in [5, 5.41) is 0. The summed E-state index contributed by atoms with van der Waals surface area (Å²) in [6.07, 6.45) is 0.431. The third-order valence-electron chi connectivity index (χ3n) is 5.74. The number of hydrogen-bond donors (Lipinski definition) is 0. The number of anilines is 1. The minimum absolute atomic E-state index is 0.00543. The molecule has 1 atom stereocenters. The van der Waals surface area contributed by atoms with Crippen LogP contribution in [0.4, 0.5) is 10.1 Å². The average molecular weight is 399 g/mol. The molecule has 0 spiro atoms. The summed E-state index contributed by atoms with van der Waals surface area (Å²) in [6.45, 7) is 3.23. The Labute approximate surface area is 174 Å². The normalized spacial score (nSPS) is 16.5. The lowest BCUT2D eigenvalue weighted by molar-refractivity contribution is -0.117. The van der Waals surface area contributed by atoms with Gasteiger partial charge < -0.3 is 9.47 Å². The van der Waals surface area contributed by atoms with Crippen LogP contribution in [0.5, 0.6) is 0 Å². The molecular weight excluding hydrogens is 377 g/mol. The Morgan fingerprint density at radius 3 is 2.63 bits per heavy atom. The number of carbonyl (C=O) groups is 1. The number of amides is 1. The number of para-hydroxylation sites is 2. The topological polar surface area (TPSA) is 38.1 Å². The number of nitrogens with zero attached hydrogens (tertiary/aromatic N) is 3. The van der Waals surface area contributed by atoms with Crippen molar-refractivity contribution in [2.75, 3.05) is 11.4 Å². The third-order valence-corrected chi connectivity index (χ3v) is 5.74. The molecule has 0 bridgehead atoms. The third kappa shape index (κ3) is 3.36. The van der Waals surface area contributed by atoms with Gasteiger partial charge in [0.25, 0.3) is 0 Å². The molecule has 1 fully saturated rings. The molecule has 2 heterocycles. The van der Waals surface area contributed by atoms with Gasteiger partial charge in [0, 0.05) is 31.1 Å². The van der Waals surface area contributed by atoms with Gasteiger partial charge in [0.1, 0.15) is 11.6 Å². The van der Waals surface area contributed by atoms with Crippen molar-refractivity contribution in [2.45, 2.75) is 25.8 Å². The van der Waals surface area contributed by atoms with Crippen LogP contribution in [0.15, 0.2) is 72.8 Å². The van der Waals surface area contributed by atoms with Gasteiger partial charge in [0.05, 0.1) is 11.0 Å². The molecule has 0 radical (unpaired) electrons. The number of hydrogen-bond acceptors (Lipinski definition) is 2. The highest BCUT2D eigenvalue weighted by Gasteiger charge is 2.34. The van der Waals surface area contributed by atoms with Crippen molar-refractivity contribution in [3.05, 3.63) is 95.6 Å². The smallest absolute Gasteiger partial charge is 0.227 e. The van der Waals surface area contributed by atoms with Crippen molar-refractivity contribution < 1.29 is 9.18 Å². The zero-order valence-electron chi connectivity index (χ0n) is 16.8. The minimum Gasteiger partial charge on any atom is -0.323 e. The summed E-state index contributed by atoms with van der Waals surface area (Å²) in [7, 11) is 0. The van der Waals surface area contributed by atoms with E-state index >= 15 is 0 Å². The van der Waals surface area contributed by atoms with Crippen molar-refractivity contribution in [1.82, 2.24) is 9.55 Å². The Morgan fingerprint density at radius 2 is 1.83 bits per heavy atom. The number of imidazole rings is 1. The van der Waals surface area contributed by atoms with Gasteiger partial charge in [0.2, 0.25) is 5.91 Å². The Hall–Kier alpha value is -3.47. The maximum absolute atomic E-state index is 13.4. The molecule has 30 heavy (non-hydrogen) atoms.